The van der Waals surface area contributed by atoms with Crippen molar-refractivity contribution >= 4 is 5.91 Å². The minimum Gasteiger partial charge on any atom is -0.366 e. The van der Waals surface area contributed by atoms with Crippen LogP contribution in [0.15, 0.2) is 24.3 Å². The Labute approximate surface area is 127 Å². The summed E-state index contributed by atoms with van der Waals surface area (Å²) in [6, 6.07) is 7.23. The van der Waals surface area contributed by atoms with Crippen molar-refractivity contribution in [3.05, 3.63) is 35.4 Å². The number of hydrogen-bond acceptors (Lipinski definition) is 3. The van der Waals surface area contributed by atoms with Gasteiger partial charge < -0.3 is 11.1 Å². The highest BCUT2D eigenvalue weighted by Gasteiger charge is 2.32. The number of amides is 1. The Morgan fingerprint density at radius 2 is 2.00 bits per heavy atom. The molecule has 1 aromatic carbocycles. The lowest BCUT2D eigenvalue weighted by molar-refractivity contribution is -0.148. The van der Waals surface area contributed by atoms with Crippen LogP contribution in [-0.2, 0) is 6.54 Å². The summed E-state index contributed by atoms with van der Waals surface area (Å²) in [5.41, 5.74) is 6.63. The molecule has 1 saturated heterocycles. The summed E-state index contributed by atoms with van der Waals surface area (Å²) in [5, 5.41) is 3.33. The maximum atomic E-state index is 12.3. The Hall–Kier alpha value is -1.60. The fourth-order valence-electron chi connectivity index (χ4n) is 2.65. The Balaban J connectivity index is 1.77. The predicted octanol–water partition coefficient (Wildman–Crippen LogP) is 1.90. The second-order valence-corrected chi connectivity index (χ2v) is 5.61. The minimum absolute atomic E-state index is 0.196. The Morgan fingerprint density at radius 3 is 2.59 bits per heavy atom. The molecular weight excluding hydrogens is 295 g/mol. The van der Waals surface area contributed by atoms with Gasteiger partial charge in [-0.1, -0.05) is 12.1 Å². The molecule has 3 N–H and O–H groups in total. The number of benzene rings is 1. The van der Waals surface area contributed by atoms with Gasteiger partial charge in [0.25, 0.3) is 0 Å². The molecule has 2 rings (SSSR count). The highest BCUT2D eigenvalue weighted by atomic mass is 19.4. The zero-order valence-electron chi connectivity index (χ0n) is 12.2. The number of primary amides is 1. The lowest BCUT2D eigenvalue weighted by atomic mass is 10.0. The molecule has 0 atom stereocenters. The van der Waals surface area contributed by atoms with Crippen molar-refractivity contribution < 1.29 is 18.0 Å². The fourth-order valence-corrected chi connectivity index (χ4v) is 2.65. The maximum Gasteiger partial charge on any atom is 0.401 e. The summed E-state index contributed by atoms with van der Waals surface area (Å²) in [7, 11) is 0. The van der Waals surface area contributed by atoms with Crippen molar-refractivity contribution in [1.82, 2.24) is 10.2 Å². The normalized spacial score (nSPS) is 17.6. The van der Waals surface area contributed by atoms with Gasteiger partial charge in [-0.15, -0.1) is 0 Å². The Morgan fingerprint density at radius 1 is 1.32 bits per heavy atom. The van der Waals surface area contributed by atoms with Gasteiger partial charge in [-0.3, -0.25) is 9.69 Å². The van der Waals surface area contributed by atoms with Gasteiger partial charge in [0.05, 0.1) is 6.54 Å². The van der Waals surface area contributed by atoms with Crippen LogP contribution in [0.4, 0.5) is 13.2 Å². The number of nitrogens with zero attached hydrogens (tertiary/aromatic N) is 1. The lowest BCUT2D eigenvalue weighted by Gasteiger charge is -2.32. The zero-order valence-corrected chi connectivity index (χ0v) is 12.2. The number of piperidine rings is 1. The second kappa shape index (κ2) is 7.11. The zero-order chi connectivity index (χ0) is 16.2. The first kappa shape index (κ1) is 16.8. The molecule has 1 aliphatic heterocycles. The third-order valence-corrected chi connectivity index (χ3v) is 3.80. The molecule has 22 heavy (non-hydrogen) atoms. The van der Waals surface area contributed by atoms with Gasteiger partial charge in [-0.2, -0.15) is 13.2 Å². The van der Waals surface area contributed by atoms with Crippen LogP contribution in [0.25, 0.3) is 0 Å². The highest BCUT2D eigenvalue weighted by Crippen LogP contribution is 2.20. The number of nitrogens with two attached hydrogens (primary N) is 1. The van der Waals surface area contributed by atoms with Gasteiger partial charge in [0, 0.05) is 18.2 Å². The first-order valence-electron chi connectivity index (χ1n) is 7.25. The number of nitrogens with one attached hydrogen (secondary N) is 1. The summed E-state index contributed by atoms with van der Waals surface area (Å²) < 4.78 is 36.9. The second-order valence-electron chi connectivity index (χ2n) is 5.61. The molecule has 4 nitrogen and oxygen atoms in total. The van der Waals surface area contributed by atoms with Crippen LogP contribution in [0.3, 0.4) is 0 Å². The number of hydrogen-bond donors (Lipinski definition) is 2. The molecule has 0 unspecified atom stereocenters. The van der Waals surface area contributed by atoms with Crippen molar-refractivity contribution in [1.29, 1.82) is 0 Å². The molecule has 0 spiro atoms. The minimum atomic E-state index is -4.13. The molecular formula is C15H20F3N3O. The molecule has 1 amide bonds. The lowest BCUT2D eigenvalue weighted by Crippen LogP contribution is -2.45. The third kappa shape index (κ3) is 5.31. The molecule has 1 aliphatic rings. The van der Waals surface area contributed by atoms with E-state index in [9.17, 15) is 18.0 Å². The van der Waals surface area contributed by atoms with Gasteiger partial charge in [-0.25, -0.2) is 0 Å². The van der Waals surface area contributed by atoms with Crippen LogP contribution in [0.5, 0.6) is 0 Å². The molecule has 0 bridgehead atoms. The van der Waals surface area contributed by atoms with Crippen LogP contribution >= 0.6 is 0 Å². The maximum absolute atomic E-state index is 12.3. The Kier molecular flexibility index (Phi) is 5.42. The van der Waals surface area contributed by atoms with E-state index < -0.39 is 18.6 Å². The monoisotopic (exact) mass is 315 g/mol. The highest BCUT2D eigenvalue weighted by molar-refractivity contribution is 5.92. The molecule has 1 fully saturated rings. The van der Waals surface area contributed by atoms with E-state index in [0.717, 1.165) is 5.56 Å². The summed E-state index contributed by atoms with van der Waals surface area (Å²) in [4.78, 5) is 12.6. The number of alkyl halides is 3. The average Bonchev–Trinajstić information content (AvgIpc) is 2.45. The number of carbonyl (C=O) groups excluding carboxylic acids is 1. The molecule has 0 aromatic heterocycles. The van der Waals surface area contributed by atoms with Crippen molar-refractivity contribution in [2.24, 2.45) is 5.73 Å². The van der Waals surface area contributed by atoms with E-state index in [1.165, 1.54) is 4.90 Å². The SMILES string of the molecule is NC(=O)c1cccc(CNC2CCN(CC(F)(F)F)CC2)c1. The third-order valence-electron chi connectivity index (χ3n) is 3.80. The topological polar surface area (TPSA) is 58.4 Å². The molecule has 1 aromatic rings. The summed E-state index contributed by atoms with van der Waals surface area (Å²) in [5.74, 6) is -0.470. The van der Waals surface area contributed by atoms with E-state index >= 15 is 0 Å². The molecule has 1 heterocycles. The molecule has 0 radical (unpaired) electrons. The van der Waals surface area contributed by atoms with Gasteiger partial charge in [0.2, 0.25) is 5.91 Å². The quantitative estimate of drug-likeness (QED) is 0.872. The van der Waals surface area contributed by atoms with Crippen LogP contribution in [0.2, 0.25) is 0 Å². The first-order chi connectivity index (χ1) is 10.3. The van der Waals surface area contributed by atoms with Crippen LogP contribution < -0.4 is 11.1 Å². The Bertz CT molecular complexity index is 511. The van der Waals surface area contributed by atoms with E-state index in [2.05, 4.69) is 5.32 Å². The predicted molar refractivity (Wildman–Crippen MR) is 77.3 cm³/mol. The standard InChI is InChI=1S/C15H20F3N3O/c16-15(17,18)10-21-6-4-13(5-7-21)20-9-11-2-1-3-12(8-11)14(19)22/h1-3,8,13,20H,4-7,9-10H2,(H2,19,22). The van der Waals surface area contributed by atoms with Gasteiger partial charge in [0.15, 0.2) is 0 Å². The van der Waals surface area contributed by atoms with Gasteiger partial charge in [-0.05, 0) is 43.6 Å². The van der Waals surface area contributed by atoms with Crippen molar-refractivity contribution in [2.75, 3.05) is 19.6 Å². The van der Waals surface area contributed by atoms with Crippen LogP contribution in [0, 0.1) is 0 Å². The van der Waals surface area contributed by atoms with Crippen molar-refractivity contribution in [3.8, 4) is 0 Å². The molecule has 0 aliphatic carbocycles. The van der Waals surface area contributed by atoms with Crippen LogP contribution in [0.1, 0.15) is 28.8 Å². The molecule has 0 saturated carbocycles. The number of likely N-dealkylation sites (tertiary alicyclic amines) is 1. The van der Waals surface area contributed by atoms with E-state index in [1.807, 2.05) is 6.07 Å². The summed E-state index contributed by atoms with van der Waals surface area (Å²) in [6.45, 7) is 0.627. The van der Waals surface area contributed by atoms with Gasteiger partial charge >= 0.3 is 6.18 Å². The fraction of sp³-hybridized carbons (Fsp3) is 0.533. The van der Waals surface area contributed by atoms with Crippen molar-refractivity contribution in [2.45, 2.75) is 31.6 Å². The summed E-state index contributed by atoms with van der Waals surface area (Å²) >= 11 is 0. The van der Waals surface area contributed by atoms with Crippen LogP contribution in [-0.4, -0.2) is 42.7 Å². The van der Waals surface area contributed by atoms with E-state index in [-0.39, 0.29) is 6.04 Å². The summed E-state index contributed by atoms with van der Waals surface area (Å²) in [6.07, 6.45) is -2.76. The number of halogens is 3. The average molecular weight is 315 g/mol. The molecule has 122 valence electrons. The first-order valence-corrected chi connectivity index (χ1v) is 7.25. The smallest absolute Gasteiger partial charge is 0.366 e. The van der Waals surface area contributed by atoms with E-state index in [1.54, 1.807) is 18.2 Å². The van der Waals surface area contributed by atoms with Gasteiger partial charge in [0.1, 0.15) is 0 Å². The van der Waals surface area contributed by atoms with E-state index in [0.29, 0.717) is 38.0 Å². The number of rotatable bonds is 5. The van der Waals surface area contributed by atoms with Crippen molar-refractivity contribution in [3.63, 3.8) is 0 Å². The largest absolute Gasteiger partial charge is 0.401 e. The van der Waals surface area contributed by atoms with E-state index in [4.69, 9.17) is 5.73 Å². The molecule has 7 heteroatoms. The number of carbonyl (C=O) groups is 1.